The van der Waals surface area contributed by atoms with Crippen LogP contribution in [0.1, 0.15) is 18.1 Å². The lowest BCUT2D eigenvalue weighted by Crippen LogP contribution is -2.64. The van der Waals surface area contributed by atoms with Crippen LogP contribution in [0.25, 0.3) is 6.08 Å². The summed E-state index contributed by atoms with van der Waals surface area (Å²) in [6.07, 6.45) is -12.0. The third-order valence-corrected chi connectivity index (χ3v) is 7.66. The van der Waals surface area contributed by atoms with Crippen molar-refractivity contribution in [2.24, 2.45) is 0 Å². The molecule has 0 unspecified atom stereocenters. The zero-order valence-corrected chi connectivity index (χ0v) is 25.4. The minimum Gasteiger partial charge on any atom is -0.504 e. The molecule has 7 N–H and O–H groups in total. The average Bonchev–Trinajstić information content (AvgIpc) is 3.04. The zero-order chi connectivity index (χ0) is 33.5. The molecule has 2 aliphatic heterocycles. The number of phenols is 2. The number of esters is 1. The largest absolute Gasteiger partial charge is 0.504 e. The highest BCUT2D eigenvalue weighted by Gasteiger charge is 2.50. The van der Waals surface area contributed by atoms with E-state index in [-0.39, 0.29) is 29.6 Å². The molecule has 2 aromatic rings. The summed E-state index contributed by atoms with van der Waals surface area (Å²) >= 11 is 0. The highest BCUT2D eigenvalue weighted by Crippen LogP contribution is 2.31. The van der Waals surface area contributed by atoms with E-state index in [1.54, 1.807) is 18.2 Å². The van der Waals surface area contributed by atoms with Crippen molar-refractivity contribution in [1.29, 1.82) is 0 Å². The summed E-state index contributed by atoms with van der Waals surface area (Å²) in [5, 5.41) is 72.7. The van der Waals surface area contributed by atoms with Crippen LogP contribution in [0.4, 0.5) is 0 Å². The third kappa shape index (κ3) is 8.44. The van der Waals surface area contributed by atoms with E-state index in [9.17, 15) is 40.5 Å². The number of hydrogen-bond acceptors (Lipinski definition) is 15. The molecular weight excluding hydrogens is 612 g/mol. The van der Waals surface area contributed by atoms with Gasteiger partial charge >= 0.3 is 5.97 Å². The fraction of sp³-hybridized carbons (Fsp3) is 0.516. The van der Waals surface area contributed by atoms with Gasteiger partial charge in [-0.2, -0.15) is 0 Å². The molecule has 0 saturated carbocycles. The minimum atomic E-state index is -1.73. The molecule has 0 aliphatic carbocycles. The van der Waals surface area contributed by atoms with Crippen LogP contribution in [0, 0.1) is 0 Å². The smallest absolute Gasteiger partial charge is 0.330 e. The molecule has 0 radical (unpaired) electrons. The van der Waals surface area contributed by atoms with Crippen LogP contribution >= 0.6 is 0 Å². The summed E-state index contributed by atoms with van der Waals surface area (Å²) in [5.74, 6) is -0.463. The van der Waals surface area contributed by atoms with Gasteiger partial charge in [0.05, 0.1) is 26.9 Å². The summed E-state index contributed by atoms with van der Waals surface area (Å²) < 4.78 is 38.1. The quantitative estimate of drug-likeness (QED) is 0.114. The molecule has 0 spiro atoms. The first-order valence-corrected chi connectivity index (χ1v) is 14.5. The first kappa shape index (κ1) is 35.3. The zero-order valence-electron chi connectivity index (χ0n) is 25.4. The van der Waals surface area contributed by atoms with Gasteiger partial charge in [0.15, 0.2) is 35.6 Å². The Balaban J connectivity index is 1.44. The van der Waals surface area contributed by atoms with Crippen molar-refractivity contribution >= 4 is 12.0 Å². The Bertz CT molecular complexity index is 1340. The van der Waals surface area contributed by atoms with E-state index in [0.717, 1.165) is 11.6 Å². The number of methoxy groups -OCH3 is 2. The van der Waals surface area contributed by atoms with Crippen LogP contribution in [0.5, 0.6) is 23.0 Å². The molecule has 2 fully saturated rings. The lowest BCUT2D eigenvalue weighted by atomic mass is 9.97. The molecule has 0 bridgehead atoms. The van der Waals surface area contributed by atoms with Gasteiger partial charge in [-0.3, -0.25) is 0 Å². The number of hydrogen-bond donors (Lipinski definition) is 7. The Labute approximate surface area is 264 Å². The Kier molecular flexibility index (Phi) is 12.2. The molecule has 2 aromatic carbocycles. The van der Waals surface area contributed by atoms with Gasteiger partial charge in [-0.1, -0.05) is 12.1 Å². The predicted molar refractivity (Wildman–Crippen MR) is 157 cm³/mol. The number of benzene rings is 2. The van der Waals surface area contributed by atoms with Crippen LogP contribution in [-0.2, 0) is 34.9 Å². The van der Waals surface area contributed by atoms with Crippen molar-refractivity contribution < 1.29 is 73.7 Å². The van der Waals surface area contributed by atoms with Gasteiger partial charge in [0, 0.05) is 6.08 Å². The van der Waals surface area contributed by atoms with Crippen molar-refractivity contribution in [2.75, 3.05) is 27.4 Å². The Morgan fingerprint density at radius 1 is 0.826 bits per heavy atom. The number of aliphatic hydroxyl groups excluding tert-OH is 5. The van der Waals surface area contributed by atoms with Crippen LogP contribution in [0.15, 0.2) is 42.5 Å². The molecule has 254 valence electrons. The minimum absolute atomic E-state index is 0.00703. The Morgan fingerprint density at radius 2 is 1.57 bits per heavy atom. The molecule has 2 aliphatic rings. The van der Waals surface area contributed by atoms with Gasteiger partial charge in [-0.25, -0.2) is 4.79 Å². The summed E-state index contributed by atoms with van der Waals surface area (Å²) in [4.78, 5) is 12.5. The molecule has 10 atom stereocenters. The molecule has 2 saturated heterocycles. The highest BCUT2D eigenvalue weighted by atomic mass is 16.7. The number of phenolic OH excluding ortho intramolecular Hbond substituents is 2. The predicted octanol–water partition coefficient (Wildman–Crippen LogP) is -0.410. The number of aromatic hydroxyl groups is 2. The molecule has 0 aromatic heterocycles. The van der Waals surface area contributed by atoms with Gasteiger partial charge in [-0.15, -0.1) is 0 Å². The monoisotopic (exact) mass is 652 g/mol. The second-order valence-electron chi connectivity index (χ2n) is 10.8. The van der Waals surface area contributed by atoms with Gasteiger partial charge in [0.1, 0.15) is 49.3 Å². The fourth-order valence-corrected chi connectivity index (χ4v) is 4.98. The van der Waals surface area contributed by atoms with Gasteiger partial charge in [-0.05, 0) is 54.8 Å². The summed E-state index contributed by atoms with van der Waals surface area (Å²) in [7, 11) is 2.81. The average molecular weight is 653 g/mol. The van der Waals surface area contributed by atoms with Gasteiger partial charge < -0.3 is 68.9 Å². The molecule has 0 amide bonds. The number of carbonyl (C=O) groups is 1. The molecule has 46 heavy (non-hydrogen) atoms. The van der Waals surface area contributed by atoms with E-state index in [0.29, 0.717) is 12.0 Å². The first-order valence-electron chi connectivity index (χ1n) is 14.5. The molecule has 4 rings (SSSR count). The summed E-state index contributed by atoms with van der Waals surface area (Å²) in [6.45, 7) is 0.929. The highest BCUT2D eigenvalue weighted by molar-refractivity contribution is 5.87. The van der Waals surface area contributed by atoms with E-state index >= 15 is 0 Å². The standard InChI is InChI=1S/C31H40O15/c1-15-24(35)26(37)27(38)31(44-15)46-29-25(36)22(14-43-23(34)9-6-16-5-8-20(40-2)19(33)12-16)45-30(28(29)39)42-11-10-17-4-7-18(32)21(13-17)41-3/h4-9,12-13,15,22,24-33,35-39H,10-11,14H2,1-3H3/b9-6+/t15-,22+,24-,25+,26+,27+,28+,29-,30+,31-/m0/s1. The van der Waals surface area contributed by atoms with Crippen molar-refractivity contribution in [3.63, 3.8) is 0 Å². The number of rotatable bonds is 12. The van der Waals surface area contributed by atoms with Crippen LogP contribution in [0.2, 0.25) is 0 Å². The third-order valence-electron chi connectivity index (χ3n) is 7.66. The van der Waals surface area contributed by atoms with E-state index in [1.807, 2.05) is 0 Å². The molecule has 15 nitrogen and oxygen atoms in total. The molecular formula is C31H40O15. The summed E-state index contributed by atoms with van der Waals surface area (Å²) in [6, 6.07) is 9.23. The van der Waals surface area contributed by atoms with Crippen molar-refractivity contribution in [1.82, 2.24) is 0 Å². The summed E-state index contributed by atoms with van der Waals surface area (Å²) in [5.41, 5.74) is 1.21. The Morgan fingerprint density at radius 3 is 2.26 bits per heavy atom. The van der Waals surface area contributed by atoms with Crippen molar-refractivity contribution in [2.45, 2.75) is 74.8 Å². The lowest BCUT2D eigenvalue weighted by Gasteiger charge is -2.45. The van der Waals surface area contributed by atoms with Crippen molar-refractivity contribution in [3.05, 3.63) is 53.6 Å². The maximum Gasteiger partial charge on any atom is 0.330 e. The first-order chi connectivity index (χ1) is 21.9. The van der Waals surface area contributed by atoms with E-state index in [2.05, 4.69) is 0 Å². The molecule has 2 heterocycles. The second-order valence-corrected chi connectivity index (χ2v) is 10.8. The lowest BCUT2D eigenvalue weighted by molar-refractivity contribution is -0.357. The number of carbonyl (C=O) groups excluding carboxylic acids is 1. The molecule has 15 heteroatoms. The second kappa shape index (κ2) is 15.9. The Hall–Kier alpha value is -3.51. The maximum atomic E-state index is 12.5. The van der Waals surface area contributed by atoms with Crippen LogP contribution in [-0.4, -0.2) is 131 Å². The number of ether oxygens (including phenoxy) is 7. The van der Waals surface area contributed by atoms with Gasteiger partial charge in [0.2, 0.25) is 0 Å². The fourth-order valence-electron chi connectivity index (χ4n) is 4.98. The van der Waals surface area contributed by atoms with E-state index in [4.69, 9.17) is 33.2 Å². The van der Waals surface area contributed by atoms with Crippen LogP contribution < -0.4 is 9.47 Å². The van der Waals surface area contributed by atoms with Crippen LogP contribution in [0.3, 0.4) is 0 Å². The van der Waals surface area contributed by atoms with E-state index < -0.39 is 74.0 Å². The topological polar surface area (TPSA) is 223 Å². The maximum absolute atomic E-state index is 12.5. The van der Waals surface area contributed by atoms with Crippen molar-refractivity contribution in [3.8, 4) is 23.0 Å². The number of aliphatic hydroxyl groups is 5. The SMILES string of the molecule is COc1ccc(/C=C/C(=O)OC[C@H]2O[C@@H](OCCc3ccc(O)c(OC)c3)[C@H](O)[C@@H](O[C@@H]3O[C@@H](C)[C@H](O)[C@@H](O)[C@H]3O)[C@@H]2O)cc1O. The normalized spacial score (nSPS) is 31.5. The van der Waals surface area contributed by atoms with Gasteiger partial charge in [0.25, 0.3) is 0 Å². The van der Waals surface area contributed by atoms with E-state index in [1.165, 1.54) is 45.4 Å².